The zero-order chi connectivity index (χ0) is 41.2. The Hall–Kier alpha value is -2.85. The molecule has 3 aromatic carbocycles. The number of thiophene rings is 1. The number of rotatable bonds is 9. The number of hydrogen-bond donors (Lipinski definition) is 1. The standard InChI is InChI=1S/C36H38NS.C17H32O2.Ir/c1-35(2,3)31-22-27(21-26-9-5-6-10-28(26)31)33-34-30(15-20-37-33)29-12-11-25(23-32(29)38-34)24-13-18-36(19-14-24)16-7-4-8-17-36;1-10(2)16(11(3)4)14(18)9-15(19)17(12(5)6)13(7)8;/h5-6,9-12,15,20,22-24H,4,7-8,13-14,16-19H2,1-3H3;9-13,16-18H,1-8H3;/q-1;;/b;14-9-;. The third-order valence-electron chi connectivity index (χ3n) is 13.5. The monoisotopic (exact) mass is 977 g/mol. The Morgan fingerprint density at radius 1 is 0.793 bits per heavy atom. The fourth-order valence-electron chi connectivity index (χ4n) is 10.7. The molecule has 1 N–H and O–H groups in total. The molecular formula is C53H70IrNO2S-. The molecule has 2 aromatic heterocycles. The topological polar surface area (TPSA) is 50.2 Å². The van der Waals surface area contributed by atoms with Gasteiger partial charge < -0.3 is 5.11 Å². The van der Waals surface area contributed by atoms with E-state index in [4.69, 9.17) is 4.98 Å². The summed E-state index contributed by atoms with van der Waals surface area (Å²) >= 11 is 1.92. The number of carbonyl (C=O) groups excluding carboxylic acids is 1. The van der Waals surface area contributed by atoms with Gasteiger partial charge >= 0.3 is 0 Å². The molecule has 0 amide bonds. The Kier molecular flexibility index (Phi) is 15.3. The summed E-state index contributed by atoms with van der Waals surface area (Å²) in [5, 5.41) is 15.4. The number of nitrogens with zero attached hydrogens (tertiary/aromatic N) is 1. The van der Waals surface area contributed by atoms with Crippen molar-refractivity contribution in [2.45, 2.75) is 145 Å². The first-order valence-electron chi connectivity index (χ1n) is 22.2. The van der Waals surface area contributed by atoms with E-state index in [0.717, 1.165) is 17.2 Å². The van der Waals surface area contributed by atoms with E-state index in [9.17, 15) is 9.90 Å². The quantitative estimate of drug-likeness (QED) is 0.0910. The minimum atomic E-state index is -0.0119. The van der Waals surface area contributed by atoms with Crippen molar-refractivity contribution < 1.29 is 30.0 Å². The Morgan fingerprint density at radius 3 is 2.02 bits per heavy atom. The van der Waals surface area contributed by atoms with Gasteiger partial charge in [0.2, 0.25) is 0 Å². The van der Waals surface area contributed by atoms with E-state index in [2.05, 4.69) is 137 Å². The number of allylic oxidation sites excluding steroid dienone is 2. The van der Waals surface area contributed by atoms with Crippen LogP contribution in [-0.2, 0) is 30.3 Å². The molecule has 2 saturated carbocycles. The molecule has 7 rings (SSSR count). The van der Waals surface area contributed by atoms with Crippen LogP contribution in [0.4, 0.5) is 0 Å². The number of aliphatic hydroxyl groups is 1. The van der Waals surface area contributed by atoms with Gasteiger partial charge in [-0.05, 0) is 107 Å². The third kappa shape index (κ3) is 10.2. The van der Waals surface area contributed by atoms with Crippen molar-refractivity contribution in [2.75, 3.05) is 0 Å². The smallest absolute Gasteiger partial charge is 0.162 e. The van der Waals surface area contributed by atoms with Gasteiger partial charge in [-0.25, -0.2) is 0 Å². The summed E-state index contributed by atoms with van der Waals surface area (Å²) < 4.78 is 2.69. The number of aliphatic hydroxyl groups excluding tert-OH is 1. The fraction of sp³-hybridized carbons (Fsp3) is 0.547. The number of hydrogen-bond acceptors (Lipinski definition) is 4. The number of fused-ring (bicyclic) bond motifs is 4. The molecule has 0 aliphatic heterocycles. The van der Waals surface area contributed by atoms with Gasteiger partial charge in [0.1, 0.15) is 0 Å². The van der Waals surface area contributed by atoms with Crippen molar-refractivity contribution in [1.82, 2.24) is 4.98 Å². The van der Waals surface area contributed by atoms with Gasteiger partial charge in [0.05, 0.1) is 5.76 Å². The Balaban J connectivity index is 0.000000275. The largest absolute Gasteiger partial charge is 0.512 e. The minimum absolute atomic E-state index is 0. The molecule has 0 bridgehead atoms. The van der Waals surface area contributed by atoms with Crippen LogP contribution in [0, 0.1) is 47.0 Å². The van der Waals surface area contributed by atoms with Gasteiger partial charge in [0, 0.05) is 59.3 Å². The van der Waals surface area contributed by atoms with Crippen molar-refractivity contribution in [3.05, 3.63) is 89.8 Å². The second-order valence-electron chi connectivity index (χ2n) is 20.1. The van der Waals surface area contributed by atoms with E-state index >= 15 is 0 Å². The summed E-state index contributed by atoms with van der Waals surface area (Å²) in [5.74, 6) is 2.35. The predicted molar refractivity (Wildman–Crippen MR) is 246 cm³/mol. The van der Waals surface area contributed by atoms with Crippen LogP contribution in [0.25, 0.3) is 42.2 Å². The summed E-state index contributed by atoms with van der Waals surface area (Å²) in [5.41, 5.74) is 5.81. The summed E-state index contributed by atoms with van der Waals surface area (Å²) in [6, 6.07) is 24.3. The molecule has 3 nitrogen and oxygen atoms in total. The number of aromatic nitrogens is 1. The average molecular weight is 977 g/mol. The van der Waals surface area contributed by atoms with Gasteiger partial charge in [0.15, 0.2) is 5.78 Å². The summed E-state index contributed by atoms with van der Waals surface area (Å²) in [4.78, 5) is 17.3. The zero-order valence-corrected chi connectivity index (χ0v) is 40.5. The molecular weight excluding hydrogens is 907 g/mol. The minimum Gasteiger partial charge on any atom is -0.512 e. The molecule has 0 saturated heterocycles. The summed E-state index contributed by atoms with van der Waals surface area (Å²) in [7, 11) is 0. The molecule has 315 valence electrons. The van der Waals surface area contributed by atoms with E-state index in [1.165, 1.54) is 100 Å². The first-order valence-corrected chi connectivity index (χ1v) is 23.0. The maximum atomic E-state index is 12.3. The molecule has 1 radical (unpaired) electrons. The normalized spacial score (nSPS) is 16.7. The van der Waals surface area contributed by atoms with Gasteiger partial charge in [0.25, 0.3) is 0 Å². The van der Waals surface area contributed by atoms with Crippen LogP contribution < -0.4 is 0 Å². The maximum Gasteiger partial charge on any atom is 0.162 e. The maximum absolute atomic E-state index is 12.3. The number of benzene rings is 3. The van der Waals surface area contributed by atoms with E-state index in [1.807, 2.05) is 17.5 Å². The van der Waals surface area contributed by atoms with Crippen molar-refractivity contribution in [1.29, 1.82) is 0 Å². The molecule has 2 aliphatic rings. The Labute approximate surface area is 368 Å². The molecule has 0 unspecified atom stereocenters. The summed E-state index contributed by atoms with van der Waals surface area (Å²) in [6.07, 6.45) is 16.4. The van der Waals surface area contributed by atoms with Crippen LogP contribution in [0.15, 0.2) is 72.6 Å². The van der Waals surface area contributed by atoms with Crippen LogP contribution >= 0.6 is 11.3 Å². The van der Waals surface area contributed by atoms with E-state index in [1.54, 1.807) is 5.56 Å². The molecule has 58 heavy (non-hydrogen) atoms. The van der Waals surface area contributed by atoms with Crippen LogP contribution in [0.1, 0.15) is 151 Å². The van der Waals surface area contributed by atoms with Gasteiger partial charge in [-0.15, -0.1) is 40.5 Å². The second kappa shape index (κ2) is 19.2. The van der Waals surface area contributed by atoms with Gasteiger partial charge in [-0.3, -0.25) is 9.78 Å². The van der Waals surface area contributed by atoms with Crippen LogP contribution in [-0.4, -0.2) is 15.9 Å². The Bertz CT molecular complexity index is 2170. The zero-order valence-electron chi connectivity index (χ0n) is 37.3. The molecule has 2 aliphatic carbocycles. The number of carbonyl (C=O) groups is 1. The van der Waals surface area contributed by atoms with Crippen molar-refractivity contribution in [3.63, 3.8) is 0 Å². The van der Waals surface area contributed by atoms with Gasteiger partial charge in [-0.2, -0.15) is 0 Å². The third-order valence-corrected chi connectivity index (χ3v) is 14.7. The molecule has 5 aromatic rings. The Morgan fingerprint density at radius 2 is 1.41 bits per heavy atom. The van der Waals surface area contributed by atoms with Gasteiger partial charge in [-0.1, -0.05) is 137 Å². The molecule has 2 fully saturated rings. The van der Waals surface area contributed by atoms with Crippen LogP contribution in [0.2, 0.25) is 0 Å². The van der Waals surface area contributed by atoms with Crippen molar-refractivity contribution >= 4 is 48.1 Å². The molecule has 0 atom stereocenters. The average Bonchev–Trinajstić information content (AvgIpc) is 3.52. The van der Waals surface area contributed by atoms with Crippen LogP contribution in [0.3, 0.4) is 0 Å². The first kappa shape index (κ1) is 46.2. The molecule has 1 spiro atoms. The number of pyridine rings is 1. The predicted octanol–water partition coefficient (Wildman–Crippen LogP) is 15.8. The number of ketones is 1. The molecule has 5 heteroatoms. The first-order chi connectivity index (χ1) is 27.0. The van der Waals surface area contributed by atoms with Crippen molar-refractivity contribution in [3.8, 4) is 11.3 Å². The molecule has 2 heterocycles. The second-order valence-corrected chi connectivity index (χ2v) is 21.2. The van der Waals surface area contributed by atoms with E-state index in [-0.39, 0.29) is 48.9 Å². The van der Waals surface area contributed by atoms with Crippen molar-refractivity contribution in [2.24, 2.45) is 40.9 Å². The van der Waals surface area contributed by atoms with Crippen LogP contribution in [0.5, 0.6) is 0 Å². The SMILES string of the molecule is CC(C)(C)c1cc(-c2nccc3c2sc2cc(C4CCC5(CCCCC5)CC4)ccc23)[c-]c2ccccc12.CC(C)C(C(=O)/C=C(\O)C(C(C)C)C(C)C)C(C)C.[Ir]. The fourth-order valence-corrected chi connectivity index (χ4v) is 12.0. The van der Waals surface area contributed by atoms with E-state index < -0.39 is 0 Å². The summed E-state index contributed by atoms with van der Waals surface area (Å²) in [6.45, 7) is 23.5. The van der Waals surface area contributed by atoms with E-state index in [0.29, 0.717) is 29.1 Å².